The Kier molecular flexibility index (Phi) is 25.9. The fourth-order valence-electron chi connectivity index (χ4n) is 9.57. The van der Waals surface area contributed by atoms with Crippen molar-refractivity contribution < 1.29 is 57.3 Å². The van der Waals surface area contributed by atoms with E-state index in [0.717, 1.165) is 31.4 Å². The number of nitrogens with zero attached hydrogens (tertiary/aromatic N) is 4. The van der Waals surface area contributed by atoms with Crippen LogP contribution in [-0.2, 0) is 63.8 Å². The van der Waals surface area contributed by atoms with E-state index in [-0.39, 0.29) is 124 Å². The van der Waals surface area contributed by atoms with Gasteiger partial charge in [-0.25, -0.2) is 4.79 Å². The zero-order chi connectivity index (χ0) is 52.1. The van der Waals surface area contributed by atoms with Gasteiger partial charge in [0, 0.05) is 59.7 Å². The Balaban J connectivity index is 1.60. The average Bonchev–Trinajstić information content (AvgIpc) is 3.92. The minimum Gasteiger partial charge on any atom is -0.379 e. The molecule has 2 aliphatic heterocycles. The molecular formula is C51H85N7O12. The van der Waals surface area contributed by atoms with Crippen molar-refractivity contribution in [2.75, 3.05) is 81.4 Å². The van der Waals surface area contributed by atoms with Crippen LogP contribution in [0.3, 0.4) is 0 Å². The molecule has 19 nitrogen and oxygen atoms in total. The molecule has 2 saturated heterocycles. The van der Waals surface area contributed by atoms with Crippen LogP contribution in [0.25, 0.3) is 0 Å². The van der Waals surface area contributed by atoms with Crippen molar-refractivity contribution in [3.05, 3.63) is 35.9 Å². The van der Waals surface area contributed by atoms with E-state index >= 15 is 0 Å². The number of hydroxylamine groups is 2. The molecule has 0 aliphatic carbocycles. The van der Waals surface area contributed by atoms with Gasteiger partial charge < -0.3 is 44.6 Å². The maximum absolute atomic E-state index is 14.4. The fraction of sp³-hybridized carbons (Fsp3) is 0.745. The molecule has 2 aliphatic rings. The van der Waals surface area contributed by atoms with Gasteiger partial charge in [0.1, 0.15) is 12.1 Å². The minimum atomic E-state index is -0.878. The molecular weight excluding hydrogens is 903 g/mol. The summed E-state index contributed by atoms with van der Waals surface area (Å²) < 4.78 is 23.3. The van der Waals surface area contributed by atoms with Crippen molar-refractivity contribution in [2.24, 2.45) is 23.7 Å². The molecule has 6 amide bonds. The van der Waals surface area contributed by atoms with Gasteiger partial charge in [0.15, 0.2) is 0 Å². The van der Waals surface area contributed by atoms with Gasteiger partial charge in [0.2, 0.25) is 23.6 Å². The predicted molar refractivity (Wildman–Crippen MR) is 264 cm³/mol. The van der Waals surface area contributed by atoms with Crippen LogP contribution in [0.5, 0.6) is 0 Å². The van der Waals surface area contributed by atoms with Crippen molar-refractivity contribution in [1.82, 2.24) is 35.7 Å². The topological polar surface area (TPSA) is 215 Å². The molecule has 0 radical (unpaired) electrons. The third-order valence-electron chi connectivity index (χ3n) is 13.5. The number of benzene rings is 1. The Morgan fingerprint density at radius 2 is 1.44 bits per heavy atom. The molecule has 9 atom stereocenters. The summed E-state index contributed by atoms with van der Waals surface area (Å²) in [6, 6.07) is 7.12. The molecule has 2 fully saturated rings. The van der Waals surface area contributed by atoms with Crippen molar-refractivity contribution >= 4 is 41.4 Å². The minimum absolute atomic E-state index is 0.00517. The summed E-state index contributed by atoms with van der Waals surface area (Å²) in [5, 5.41) is 9.48. The number of ether oxygens (including phenoxy) is 4. The van der Waals surface area contributed by atoms with Gasteiger partial charge in [-0.15, -0.1) is 5.06 Å². The van der Waals surface area contributed by atoms with Crippen molar-refractivity contribution in [2.45, 2.75) is 142 Å². The van der Waals surface area contributed by atoms with Crippen LogP contribution >= 0.6 is 0 Å². The molecule has 1 unspecified atom stereocenters. The quantitative estimate of drug-likeness (QED) is 0.0700. The van der Waals surface area contributed by atoms with Crippen LogP contribution in [0.1, 0.15) is 99.0 Å². The summed E-state index contributed by atoms with van der Waals surface area (Å²) in [6.45, 7) is 16.1. The normalized spacial score (nSPS) is 18.8. The van der Waals surface area contributed by atoms with Crippen LogP contribution in [-0.4, -0.2) is 185 Å². The van der Waals surface area contributed by atoms with E-state index in [1.807, 2.05) is 91.0 Å². The first-order valence-corrected chi connectivity index (χ1v) is 25.1. The smallest absolute Gasteiger partial charge is 0.335 e. The SMILES string of the molecule is CC[C@@H](C)[C@@H]([C@@H](CCN1CCC[C@H]1[C@H](OC)[C@@H](C)C(=O)N[C@@H](Cc1ccccc1)C(=O)NCCOCCOCCC(=O)ON1C(=O)CCC1=O)OC)N(C)C(=O)C(NC(=O)[C@H](C(C)C)N(C)C)C(C)C. The molecule has 3 N–H and O–H groups in total. The molecule has 3 rings (SSSR count). The number of carbonyl (C=O) groups is 7. The largest absolute Gasteiger partial charge is 0.379 e. The number of imide groups is 1. The summed E-state index contributed by atoms with van der Waals surface area (Å²) in [5.41, 5.74) is 0.876. The Bertz CT molecular complexity index is 1800. The lowest BCUT2D eigenvalue weighted by atomic mass is 9.89. The zero-order valence-electron chi connectivity index (χ0n) is 44.0. The molecule has 0 spiro atoms. The molecule has 19 heteroatoms. The second-order valence-corrected chi connectivity index (χ2v) is 19.6. The first kappa shape index (κ1) is 59.8. The lowest BCUT2D eigenvalue weighted by Gasteiger charge is -2.41. The number of rotatable bonds is 32. The lowest BCUT2D eigenvalue weighted by Crippen LogP contribution is -2.59. The first-order chi connectivity index (χ1) is 33.3. The summed E-state index contributed by atoms with van der Waals surface area (Å²) in [4.78, 5) is 102. The molecule has 396 valence electrons. The van der Waals surface area contributed by atoms with Gasteiger partial charge in [-0.1, -0.05) is 85.2 Å². The molecule has 70 heavy (non-hydrogen) atoms. The highest BCUT2D eigenvalue weighted by Gasteiger charge is 2.41. The zero-order valence-corrected chi connectivity index (χ0v) is 44.0. The number of amides is 6. The van der Waals surface area contributed by atoms with Gasteiger partial charge in [0.05, 0.1) is 63.1 Å². The van der Waals surface area contributed by atoms with Crippen molar-refractivity contribution in [3.8, 4) is 0 Å². The number of hydrogen-bond acceptors (Lipinski definition) is 14. The number of nitrogens with one attached hydrogen (secondary N) is 3. The van der Waals surface area contributed by atoms with Crippen LogP contribution < -0.4 is 16.0 Å². The monoisotopic (exact) mass is 988 g/mol. The maximum atomic E-state index is 14.4. The standard InChI is InChI=1S/C51H85N7O12/c1-13-35(6)46(56(10)51(65)44(33(2)3)54-50(64)45(34(4)5)55(8)9)40(66-11)23-27-57-26-17-20-39(57)47(67-12)36(7)48(62)53-38(32-37-18-15-14-16-19-37)49(63)52-25-29-69-31-30-68-28-24-43(61)70-58-41(59)21-22-42(58)60/h14-16,18-19,33-36,38-40,44-47H,13,17,20-32H2,1-12H3,(H,52,63)(H,53,62)(H,54,64)/t35-,36-,38+,39+,40-,44?,45+,46+,47-/m1/s1. The lowest BCUT2D eigenvalue weighted by molar-refractivity contribution is -0.198. The fourth-order valence-corrected chi connectivity index (χ4v) is 9.57. The van der Waals surface area contributed by atoms with Crippen molar-refractivity contribution in [1.29, 1.82) is 0 Å². The van der Waals surface area contributed by atoms with E-state index in [1.165, 1.54) is 0 Å². The highest BCUT2D eigenvalue weighted by molar-refractivity contribution is 6.01. The first-order valence-electron chi connectivity index (χ1n) is 25.1. The van der Waals surface area contributed by atoms with E-state index in [0.29, 0.717) is 18.0 Å². The van der Waals surface area contributed by atoms with Gasteiger partial charge in [-0.05, 0) is 63.2 Å². The highest BCUT2D eigenvalue weighted by atomic mass is 16.7. The van der Waals surface area contributed by atoms with Crippen molar-refractivity contribution in [3.63, 3.8) is 0 Å². The number of hydrogen-bond donors (Lipinski definition) is 3. The number of likely N-dealkylation sites (tertiary alicyclic amines) is 1. The average molecular weight is 988 g/mol. The van der Waals surface area contributed by atoms with Gasteiger partial charge in [0.25, 0.3) is 11.8 Å². The second-order valence-electron chi connectivity index (χ2n) is 19.6. The Hall–Kier alpha value is -4.53. The van der Waals surface area contributed by atoms with E-state index in [1.54, 1.807) is 19.1 Å². The molecule has 2 heterocycles. The van der Waals surface area contributed by atoms with E-state index in [9.17, 15) is 33.6 Å². The summed E-state index contributed by atoms with van der Waals surface area (Å²) >= 11 is 0. The predicted octanol–water partition coefficient (Wildman–Crippen LogP) is 2.98. The summed E-state index contributed by atoms with van der Waals surface area (Å²) in [6.07, 6.45) is 2.51. The third-order valence-corrected chi connectivity index (χ3v) is 13.5. The number of methoxy groups -OCH3 is 2. The third kappa shape index (κ3) is 17.9. The summed E-state index contributed by atoms with van der Waals surface area (Å²) in [5.74, 6) is -3.47. The molecule has 0 aromatic heterocycles. The molecule has 1 aromatic rings. The van der Waals surface area contributed by atoms with Crippen LogP contribution in [0, 0.1) is 23.7 Å². The van der Waals surface area contributed by atoms with E-state index in [4.69, 9.17) is 23.8 Å². The van der Waals surface area contributed by atoms with Gasteiger partial charge in [-0.2, -0.15) is 0 Å². The maximum Gasteiger partial charge on any atom is 0.335 e. The molecule has 1 aromatic carbocycles. The Morgan fingerprint density at radius 3 is 2.01 bits per heavy atom. The molecule has 0 saturated carbocycles. The summed E-state index contributed by atoms with van der Waals surface area (Å²) in [7, 11) is 8.85. The van der Waals surface area contributed by atoms with Gasteiger partial charge in [-0.3, -0.25) is 38.6 Å². The Morgan fingerprint density at radius 1 is 0.800 bits per heavy atom. The van der Waals surface area contributed by atoms with E-state index < -0.39 is 41.9 Å². The second kappa shape index (κ2) is 30.4. The molecule has 0 bridgehead atoms. The number of carbonyl (C=O) groups excluding carboxylic acids is 7. The van der Waals surface area contributed by atoms with E-state index in [2.05, 4.69) is 34.7 Å². The highest BCUT2D eigenvalue weighted by Crippen LogP contribution is 2.29. The Labute approximate surface area is 416 Å². The van der Waals surface area contributed by atoms with Crippen LogP contribution in [0.15, 0.2) is 30.3 Å². The number of likely N-dealkylation sites (N-methyl/N-ethyl adjacent to an activating group) is 2. The van der Waals surface area contributed by atoms with Crippen LogP contribution in [0.2, 0.25) is 0 Å². The van der Waals surface area contributed by atoms with Crippen LogP contribution in [0.4, 0.5) is 0 Å². The van der Waals surface area contributed by atoms with Gasteiger partial charge >= 0.3 is 5.97 Å².